The molecule has 10 aromatic rings. The molecule has 11 rings (SSSR count). The van der Waals surface area contributed by atoms with Crippen LogP contribution in [-0.2, 0) is 6.42 Å². The average Bonchev–Trinajstić information content (AvgIpc) is 3.75. The van der Waals surface area contributed by atoms with Crippen LogP contribution < -0.4 is 4.90 Å². The molecule has 0 unspecified atom stereocenters. The number of aryl methyl sites for hydroxylation is 1. The van der Waals surface area contributed by atoms with Crippen LogP contribution in [0.2, 0.25) is 0 Å². The lowest BCUT2D eigenvalue weighted by Crippen LogP contribution is -2.11. The molecule has 1 aromatic heterocycles. The van der Waals surface area contributed by atoms with Gasteiger partial charge in [0.1, 0.15) is 11.2 Å². The van der Waals surface area contributed by atoms with Crippen molar-refractivity contribution in [3.63, 3.8) is 0 Å². The van der Waals surface area contributed by atoms with E-state index in [0.29, 0.717) is 33.5 Å². The van der Waals surface area contributed by atoms with E-state index in [0.717, 1.165) is 61.9 Å². The molecule has 0 saturated carbocycles. The minimum Gasteiger partial charge on any atom is -0.455 e. The smallest absolute Gasteiger partial charge is 0.143 e. The zero-order valence-corrected chi connectivity index (χ0v) is 32.5. The molecule has 0 aliphatic heterocycles. The molecule has 0 N–H and O–H groups in total. The molecule has 0 spiro atoms. The third-order valence-electron chi connectivity index (χ3n) is 11.3. The van der Waals surface area contributed by atoms with Gasteiger partial charge in [-0.15, -0.1) is 0 Å². The molecule has 0 bridgehead atoms. The number of hydrogen-bond donors (Lipinski definition) is 0. The zero-order valence-electron chi connectivity index (χ0n) is 40.5. The maximum Gasteiger partial charge on any atom is 0.143 e. The Labute approximate surface area is 361 Å². The topological polar surface area (TPSA) is 16.4 Å². The van der Waals surface area contributed by atoms with Gasteiger partial charge in [0, 0.05) is 33.1 Å². The van der Waals surface area contributed by atoms with Gasteiger partial charge < -0.3 is 9.32 Å². The van der Waals surface area contributed by atoms with Crippen molar-refractivity contribution in [2.24, 2.45) is 0 Å². The van der Waals surface area contributed by atoms with E-state index in [2.05, 4.69) is 6.07 Å². The van der Waals surface area contributed by atoms with Crippen LogP contribution in [0.5, 0.6) is 0 Å². The van der Waals surface area contributed by atoms with Gasteiger partial charge >= 0.3 is 0 Å². The average molecular weight is 776 g/mol. The number of anilines is 3. The van der Waals surface area contributed by atoms with Gasteiger partial charge in [-0.2, -0.15) is 0 Å². The summed E-state index contributed by atoms with van der Waals surface area (Å²) in [4.78, 5) is 1.40. The van der Waals surface area contributed by atoms with Crippen LogP contribution in [0.1, 0.15) is 28.5 Å². The highest BCUT2D eigenvalue weighted by atomic mass is 16.3. The fourth-order valence-corrected chi connectivity index (χ4v) is 8.35. The van der Waals surface area contributed by atoms with E-state index in [9.17, 15) is 11.0 Å². The van der Waals surface area contributed by atoms with Gasteiger partial charge in [0.25, 0.3) is 0 Å². The Bertz CT molecular complexity index is 3760. The van der Waals surface area contributed by atoms with Crippen LogP contribution in [0.15, 0.2) is 223 Å². The Balaban J connectivity index is 1.17. The third kappa shape index (κ3) is 6.49. The van der Waals surface area contributed by atoms with Crippen LogP contribution in [0.3, 0.4) is 0 Å². The molecule has 1 aliphatic rings. The molecule has 0 fully saturated rings. The van der Waals surface area contributed by atoms with Crippen molar-refractivity contribution in [1.29, 1.82) is 0 Å². The van der Waals surface area contributed by atoms with Crippen molar-refractivity contribution in [3.8, 4) is 33.4 Å². The van der Waals surface area contributed by atoms with Crippen molar-refractivity contribution >= 4 is 66.6 Å². The summed E-state index contributed by atoms with van der Waals surface area (Å²) < 4.78 is 84.0. The summed E-state index contributed by atoms with van der Waals surface area (Å²) in [5.41, 5.74) is 5.77. The molecule has 1 heterocycles. The minimum atomic E-state index is -0.418. The highest BCUT2D eigenvalue weighted by Gasteiger charge is 2.20. The summed E-state index contributed by atoms with van der Waals surface area (Å²) in [6.45, 7) is 0. The van der Waals surface area contributed by atoms with E-state index in [1.165, 1.54) is 4.90 Å². The summed E-state index contributed by atoms with van der Waals surface area (Å²) in [7, 11) is 0. The van der Waals surface area contributed by atoms with Crippen LogP contribution >= 0.6 is 0 Å². The molecule has 0 radical (unpaired) electrons. The first kappa shape index (κ1) is 27.9. The summed E-state index contributed by atoms with van der Waals surface area (Å²) in [5.74, 6) is 0. The number of benzene rings is 8. The Morgan fingerprint density at radius 3 is 1.88 bits per heavy atom. The molecule has 0 amide bonds. The lowest BCUT2D eigenvalue weighted by Gasteiger charge is -2.28. The quantitative estimate of drug-likeness (QED) is 0.167. The standard InChI is InChI=1S/C58H41NO/c1-3-15-41-19-11-20-42(16-4-2-14-40(41)13-1)43-27-33-48(34-28-43)59(49-35-29-46(30-36-49)51-25-12-21-44-17-5-7-22-50(44)51)56-26-10-9-23-52(56)47-32-38-57-55(39-47)54-37-31-45-18-6-8-24-53(45)58(54)60-57/h1-4,6-16,18-39H,5,17H2/i27D,28D,29D,30D,33D,34D,35D,36D. The van der Waals surface area contributed by atoms with Gasteiger partial charge in [-0.25, -0.2) is 0 Å². The largest absolute Gasteiger partial charge is 0.455 e. The highest BCUT2D eigenvalue weighted by Crippen LogP contribution is 2.44. The number of allylic oxidation sites excluding steroid dienone is 1. The second-order valence-electron chi connectivity index (χ2n) is 14.9. The molecule has 2 nitrogen and oxygen atoms in total. The molecule has 2 heteroatoms. The molecule has 284 valence electrons. The SMILES string of the molecule is [2H]c1c([2H])c(N(c2ccccc2-c2ccc3oc4c5ccccc5ccc4c3c2)c2c([2H])c([2H])c(-c3cccc4c3C=CCC4)c([2H])c2[2H])c([2H])c([2H])c1-c1ccccc2ccccc2ccc1. The van der Waals surface area contributed by atoms with E-state index in [-0.39, 0.29) is 46.7 Å². The van der Waals surface area contributed by atoms with Gasteiger partial charge in [0.05, 0.1) is 16.7 Å². The van der Waals surface area contributed by atoms with E-state index in [1.54, 1.807) is 30.3 Å². The first-order chi connectivity index (χ1) is 33.1. The van der Waals surface area contributed by atoms with E-state index in [4.69, 9.17) is 4.42 Å². The first-order valence-corrected chi connectivity index (χ1v) is 20.2. The normalized spacial score (nSPS) is 14.0. The number of nitrogens with zero attached hydrogens (tertiary/aromatic N) is 1. The van der Waals surface area contributed by atoms with Crippen LogP contribution in [0.4, 0.5) is 17.1 Å². The Morgan fingerprint density at radius 2 is 1.08 bits per heavy atom. The van der Waals surface area contributed by atoms with E-state index >= 15 is 0 Å². The minimum absolute atomic E-state index is 0.0711. The molecule has 60 heavy (non-hydrogen) atoms. The van der Waals surface area contributed by atoms with Crippen molar-refractivity contribution in [1.82, 2.24) is 0 Å². The Morgan fingerprint density at radius 1 is 0.450 bits per heavy atom. The fraction of sp³-hybridized carbons (Fsp3) is 0.0345. The van der Waals surface area contributed by atoms with Crippen molar-refractivity contribution in [2.45, 2.75) is 12.8 Å². The highest BCUT2D eigenvalue weighted by molar-refractivity contribution is 6.15. The van der Waals surface area contributed by atoms with Crippen LogP contribution in [-0.4, -0.2) is 0 Å². The number of furan rings is 1. The van der Waals surface area contributed by atoms with Crippen molar-refractivity contribution < 1.29 is 15.4 Å². The monoisotopic (exact) mass is 775 g/mol. The van der Waals surface area contributed by atoms with Gasteiger partial charge in [0.2, 0.25) is 0 Å². The summed E-state index contributed by atoms with van der Waals surface area (Å²) >= 11 is 0. The predicted octanol–water partition coefficient (Wildman–Crippen LogP) is 16.4. The number of rotatable bonds is 6. The second-order valence-corrected chi connectivity index (χ2v) is 14.9. The van der Waals surface area contributed by atoms with Crippen molar-refractivity contribution in [3.05, 3.63) is 229 Å². The van der Waals surface area contributed by atoms with E-state index < -0.39 is 24.2 Å². The second kappa shape index (κ2) is 15.2. The molecular weight excluding hydrogens is 727 g/mol. The van der Waals surface area contributed by atoms with Crippen molar-refractivity contribution in [2.75, 3.05) is 4.90 Å². The van der Waals surface area contributed by atoms with Crippen LogP contribution in [0.25, 0.3) is 82.9 Å². The Kier molecular flexibility index (Phi) is 7.08. The molecular formula is C58H41NO. The van der Waals surface area contributed by atoms with Gasteiger partial charge in [0.15, 0.2) is 0 Å². The molecule has 0 atom stereocenters. The zero-order chi connectivity index (χ0) is 46.8. The third-order valence-corrected chi connectivity index (χ3v) is 11.3. The summed E-state index contributed by atoms with van der Waals surface area (Å²) in [6.07, 6.45) is 5.66. The molecule has 1 aliphatic carbocycles. The van der Waals surface area contributed by atoms with Gasteiger partial charge in [-0.3, -0.25) is 0 Å². The fourth-order valence-electron chi connectivity index (χ4n) is 8.35. The number of para-hydroxylation sites is 1. The van der Waals surface area contributed by atoms with Gasteiger partial charge in [-0.1, -0.05) is 176 Å². The van der Waals surface area contributed by atoms with E-state index in [1.807, 2.05) is 140 Å². The lowest BCUT2D eigenvalue weighted by atomic mass is 9.90. The Hall–Kier alpha value is -7.68. The molecule has 0 saturated heterocycles. The predicted molar refractivity (Wildman–Crippen MR) is 255 cm³/mol. The first-order valence-electron chi connectivity index (χ1n) is 24.2. The maximum absolute atomic E-state index is 9.79. The summed E-state index contributed by atoms with van der Waals surface area (Å²) in [5, 5.41) is 5.79. The number of fused-ring (bicyclic) bond motifs is 7. The lowest BCUT2D eigenvalue weighted by molar-refractivity contribution is 0.672. The van der Waals surface area contributed by atoms with Crippen LogP contribution in [0, 0.1) is 0 Å². The number of hydrogen-bond acceptors (Lipinski definition) is 2. The molecule has 9 aromatic carbocycles. The van der Waals surface area contributed by atoms with Gasteiger partial charge in [-0.05, 0) is 116 Å². The summed E-state index contributed by atoms with van der Waals surface area (Å²) in [6, 6.07) is 48.9. The maximum atomic E-state index is 9.79.